The zero-order chi connectivity index (χ0) is 32.9. The van der Waals surface area contributed by atoms with Crippen LogP contribution in [-0.2, 0) is 14.3 Å². The summed E-state index contributed by atoms with van der Waals surface area (Å²) in [5, 5.41) is 0. The van der Waals surface area contributed by atoms with Gasteiger partial charge in [-0.05, 0) is 147 Å². The molecule has 9 atom stereocenters. The Labute approximate surface area is 288 Å². The van der Waals surface area contributed by atoms with Crippen LogP contribution >= 0.6 is 0 Å². The van der Waals surface area contributed by atoms with E-state index < -0.39 is 0 Å². The molecule has 2 saturated heterocycles. The van der Waals surface area contributed by atoms with Gasteiger partial charge in [0.25, 0.3) is 0 Å². The van der Waals surface area contributed by atoms with Crippen LogP contribution < -0.4 is 0 Å². The van der Waals surface area contributed by atoms with E-state index in [2.05, 4.69) is 51.3 Å². The van der Waals surface area contributed by atoms with Crippen molar-refractivity contribution in [3.63, 3.8) is 0 Å². The summed E-state index contributed by atoms with van der Waals surface area (Å²) in [7, 11) is 0. The minimum absolute atomic E-state index is 0.110. The van der Waals surface area contributed by atoms with Gasteiger partial charge >= 0.3 is 0 Å². The summed E-state index contributed by atoms with van der Waals surface area (Å²) in [6, 6.07) is 0. The van der Waals surface area contributed by atoms with Crippen molar-refractivity contribution in [3.05, 3.63) is 0 Å². The standard InChI is InChI=1S/C42H70N2O3/c1-37(2)14-7-15-39(4)33(37)11-16-41(6)34(39)9-8-32-35-31(38(3)18-19-38)10-17-42(35,21-20-40(32,41)5)36(45)44-22-12-30(13-23-44)47-29-26-43-24-27-46-28-25-43/h30-35H,7-29H2,1-6H3/t31-,32-,33-,34-,35-,39-,40-,41-,42+/m1/s1. The molecule has 6 saturated carbocycles. The first-order chi connectivity index (χ1) is 22.4. The van der Waals surface area contributed by atoms with E-state index in [9.17, 15) is 0 Å². The predicted molar refractivity (Wildman–Crippen MR) is 189 cm³/mol. The van der Waals surface area contributed by atoms with E-state index in [-0.39, 0.29) is 5.41 Å². The largest absolute Gasteiger partial charge is 0.379 e. The lowest BCUT2D eigenvalue weighted by atomic mass is 9.32. The Morgan fingerprint density at radius 2 is 1.45 bits per heavy atom. The Kier molecular flexibility index (Phi) is 8.33. The Balaban J connectivity index is 1.01. The zero-order valence-corrected chi connectivity index (χ0v) is 31.3. The number of likely N-dealkylation sites (tertiary alicyclic amines) is 1. The molecule has 2 aliphatic heterocycles. The number of hydrogen-bond acceptors (Lipinski definition) is 4. The summed E-state index contributed by atoms with van der Waals surface area (Å²) >= 11 is 0. The monoisotopic (exact) mass is 651 g/mol. The zero-order valence-electron chi connectivity index (χ0n) is 31.3. The number of morpholine rings is 1. The number of hydrogen-bond donors (Lipinski definition) is 0. The number of nitrogens with zero attached hydrogens (tertiary/aromatic N) is 2. The Morgan fingerprint density at radius 1 is 0.702 bits per heavy atom. The first kappa shape index (κ1) is 33.5. The average Bonchev–Trinajstić information content (AvgIpc) is 3.66. The Bertz CT molecular complexity index is 1180. The molecule has 8 fully saturated rings. The Hall–Kier alpha value is -0.650. The maximum atomic E-state index is 15.1. The number of amides is 1. The molecule has 0 aromatic rings. The highest BCUT2D eigenvalue weighted by molar-refractivity contribution is 5.84. The van der Waals surface area contributed by atoms with Gasteiger partial charge in [0, 0.05) is 32.7 Å². The van der Waals surface area contributed by atoms with Crippen LogP contribution in [-0.4, -0.2) is 74.4 Å². The summed E-state index contributed by atoms with van der Waals surface area (Å²) in [5.74, 6) is 4.34. The van der Waals surface area contributed by atoms with Crippen molar-refractivity contribution in [2.45, 2.75) is 144 Å². The van der Waals surface area contributed by atoms with Crippen LogP contribution in [0.15, 0.2) is 0 Å². The van der Waals surface area contributed by atoms with E-state index in [1.165, 1.54) is 70.6 Å². The third-order valence-electron chi connectivity index (χ3n) is 18.1. The van der Waals surface area contributed by atoms with Gasteiger partial charge in [-0.15, -0.1) is 0 Å². The van der Waals surface area contributed by atoms with Crippen molar-refractivity contribution in [1.82, 2.24) is 9.80 Å². The van der Waals surface area contributed by atoms with Gasteiger partial charge in [0.2, 0.25) is 5.91 Å². The molecule has 0 aromatic carbocycles. The number of carbonyl (C=O) groups is 1. The van der Waals surface area contributed by atoms with Crippen molar-refractivity contribution in [3.8, 4) is 0 Å². The van der Waals surface area contributed by atoms with Crippen LogP contribution in [0.4, 0.5) is 0 Å². The molecule has 0 aromatic heterocycles. The van der Waals surface area contributed by atoms with Crippen molar-refractivity contribution in [2.75, 3.05) is 52.5 Å². The predicted octanol–water partition coefficient (Wildman–Crippen LogP) is 8.60. The van der Waals surface area contributed by atoms with E-state index in [4.69, 9.17) is 9.47 Å². The van der Waals surface area contributed by atoms with Crippen molar-refractivity contribution < 1.29 is 14.3 Å². The highest BCUT2D eigenvalue weighted by atomic mass is 16.5. The fraction of sp³-hybridized carbons (Fsp3) is 0.976. The molecule has 266 valence electrons. The molecule has 2 heterocycles. The normalized spacial score (nSPS) is 47.8. The minimum atomic E-state index is -0.110. The first-order valence-electron chi connectivity index (χ1n) is 20.6. The van der Waals surface area contributed by atoms with Gasteiger partial charge in [-0.25, -0.2) is 0 Å². The molecular weight excluding hydrogens is 580 g/mol. The lowest BCUT2D eigenvalue weighted by molar-refractivity contribution is -0.239. The summed E-state index contributed by atoms with van der Waals surface area (Å²) in [6.45, 7) is 23.5. The number of piperidine rings is 1. The van der Waals surface area contributed by atoms with Gasteiger partial charge in [0.05, 0.1) is 31.3 Å². The average molecular weight is 651 g/mol. The van der Waals surface area contributed by atoms with Gasteiger partial charge in [-0.1, -0.05) is 48.0 Å². The van der Waals surface area contributed by atoms with E-state index in [1.807, 2.05) is 0 Å². The quantitative estimate of drug-likeness (QED) is 0.289. The molecule has 0 bridgehead atoms. The number of fused-ring (bicyclic) bond motifs is 7. The van der Waals surface area contributed by atoms with Crippen LogP contribution in [0.3, 0.4) is 0 Å². The lowest BCUT2D eigenvalue weighted by Crippen LogP contribution is -2.66. The fourth-order valence-electron chi connectivity index (χ4n) is 15.1. The molecule has 8 rings (SSSR count). The topological polar surface area (TPSA) is 42.0 Å². The molecule has 0 unspecified atom stereocenters. The van der Waals surface area contributed by atoms with Crippen LogP contribution in [0.25, 0.3) is 0 Å². The van der Waals surface area contributed by atoms with Crippen molar-refractivity contribution in [1.29, 1.82) is 0 Å². The summed E-state index contributed by atoms with van der Waals surface area (Å²) in [6.07, 6.45) is 19.9. The Morgan fingerprint density at radius 3 is 2.17 bits per heavy atom. The van der Waals surface area contributed by atoms with E-state index >= 15 is 4.79 Å². The molecule has 1 amide bonds. The summed E-state index contributed by atoms with van der Waals surface area (Å²) < 4.78 is 11.9. The van der Waals surface area contributed by atoms with Crippen LogP contribution in [0, 0.1) is 62.1 Å². The van der Waals surface area contributed by atoms with Gasteiger partial charge in [-0.3, -0.25) is 9.69 Å². The molecule has 0 N–H and O–H groups in total. The molecular formula is C42H70N2O3. The number of ether oxygens (including phenoxy) is 2. The number of carbonyl (C=O) groups excluding carboxylic acids is 1. The summed E-state index contributed by atoms with van der Waals surface area (Å²) in [4.78, 5) is 19.9. The van der Waals surface area contributed by atoms with Gasteiger partial charge in [0.15, 0.2) is 0 Å². The second-order valence-corrected chi connectivity index (χ2v) is 20.3. The lowest BCUT2D eigenvalue weighted by Gasteiger charge is -2.72. The fourth-order valence-corrected chi connectivity index (χ4v) is 15.1. The maximum absolute atomic E-state index is 15.1. The van der Waals surface area contributed by atoms with E-state index in [1.54, 1.807) is 0 Å². The minimum Gasteiger partial charge on any atom is -0.379 e. The molecule has 0 spiro atoms. The third kappa shape index (κ3) is 5.09. The van der Waals surface area contributed by atoms with E-state index in [0.717, 1.165) is 96.0 Å². The van der Waals surface area contributed by atoms with Gasteiger partial charge < -0.3 is 14.4 Å². The molecule has 6 aliphatic carbocycles. The van der Waals surface area contributed by atoms with Crippen LogP contribution in [0.1, 0.15) is 138 Å². The molecule has 5 heteroatoms. The second kappa shape index (κ2) is 11.7. The van der Waals surface area contributed by atoms with Crippen molar-refractivity contribution in [2.24, 2.45) is 62.1 Å². The van der Waals surface area contributed by atoms with Gasteiger partial charge in [0.1, 0.15) is 0 Å². The molecule has 47 heavy (non-hydrogen) atoms. The van der Waals surface area contributed by atoms with Crippen LogP contribution in [0.5, 0.6) is 0 Å². The third-order valence-corrected chi connectivity index (χ3v) is 18.1. The summed E-state index contributed by atoms with van der Waals surface area (Å²) in [5.41, 5.74) is 2.11. The van der Waals surface area contributed by atoms with E-state index in [0.29, 0.717) is 50.9 Å². The smallest absolute Gasteiger partial charge is 0.229 e. The maximum Gasteiger partial charge on any atom is 0.229 e. The highest BCUT2D eigenvalue weighted by Gasteiger charge is 2.73. The second-order valence-electron chi connectivity index (χ2n) is 20.3. The first-order valence-corrected chi connectivity index (χ1v) is 20.6. The molecule has 5 nitrogen and oxygen atoms in total. The molecule has 0 radical (unpaired) electrons. The van der Waals surface area contributed by atoms with Gasteiger partial charge in [-0.2, -0.15) is 0 Å². The SMILES string of the molecule is CC1(C)CCC[C@]2(C)[C@@H]1CC[C@]1(C)[C@@H]2CC[C@@H]2[C@H]3[C@H](C4(C)CC4)CC[C@]3(C(=O)N3CCC(OCCN4CCOCC4)CC3)CC[C@]21C. The number of rotatable bonds is 6. The molecule has 8 aliphatic rings. The highest BCUT2D eigenvalue weighted by Crippen LogP contribution is 2.79. The van der Waals surface area contributed by atoms with Crippen molar-refractivity contribution >= 4 is 5.91 Å². The van der Waals surface area contributed by atoms with Crippen LogP contribution in [0.2, 0.25) is 0 Å².